The van der Waals surface area contributed by atoms with Crippen LogP contribution in [0.2, 0.25) is 0 Å². The van der Waals surface area contributed by atoms with Crippen LogP contribution in [-0.2, 0) is 14.9 Å². The molecule has 0 aromatic heterocycles. The highest BCUT2D eigenvalue weighted by molar-refractivity contribution is 7.87. The first-order valence-electron chi connectivity index (χ1n) is 9.57. The first-order chi connectivity index (χ1) is 15.2. The number of aryl methyl sites for hydroxylation is 2. The minimum Gasteiger partial charge on any atom is -0.465 e. The molecule has 0 saturated heterocycles. The van der Waals surface area contributed by atoms with Gasteiger partial charge in [-0.15, -0.1) is 0 Å². The van der Waals surface area contributed by atoms with E-state index in [1.54, 1.807) is 37.3 Å². The first-order valence-corrected chi connectivity index (χ1v) is 11.0. The van der Waals surface area contributed by atoms with Gasteiger partial charge in [0.2, 0.25) is 0 Å². The Morgan fingerprint density at radius 2 is 1.50 bits per heavy atom. The summed E-state index contributed by atoms with van der Waals surface area (Å²) in [6.45, 7) is 3.48. The van der Waals surface area contributed by atoms with Gasteiger partial charge in [-0.25, -0.2) is 9.59 Å². The Hall–Kier alpha value is -3.85. The standard InChI is InChI=1S/C23H22N2O6S/c1-15-8-4-6-10-19(15)25-23(27)24-17-12-13-18(22(26)30-3)20(14-17)31-32(28,29)21-11-7-5-9-16(21)2/h4-14H,1-3H3,(H2,24,25,27). The number of carbonyl (C=O) groups is 2. The fourth-order valence-electron chi connectivity index (χ4n) is 2.95. The maximum atomic E-state index is 12.8. The highest BCUT2D eigenvalue weighted by Crippen LogP contribution is 2.28. The van der Waals surface area contributed by atoms with E-state index in [0.29, 0.717) is 11.3 Å². The molecule has 32 heavy (non-hydrogen) atoms. The molecule has 0 atom stereocenters. The van der Waals surface area contributed by atoms with Crippen LogP contribution in [0.5, 0.6) is 5.75 Å². The SMILES string of the molecule is COC(=O)c1ccc(NC(=O)Nc2ccccc2C)cc1OS(=O)(=O)c1ccccc1C. The Balaban J connectivity index is 1.90. The lowest BCUT2D eigenvalue weighted by atomic mass is 10.2. The van der Waals surface area contributed by atoms with E-state index in [4.69, 9.17) is 8.92 Å². The third-order valence-corrected chi connectivity index (χ3v) is 6.00. The van der Waals surface area contributed by atoms with Gasteiger partial charge in [0.25, 0.3) is 0 Å². The predicted molar refractivity (Wildman–Crippen MR) is 121 cm³/mol. The number of nitrogens with one attached hydrogen (secondary N) is 2. The van der Waals surface area contributed by atoms with Gasteiger partial charge in [-0.3, -0.25) is 0 Å². The number of methoxy groups -OCH3 is 1. The van der Waals surface area contributed by atoms with Crippen molar-refractivity contribution in [1.82, 2.24) is 0 Å². The molecule has 0 aliphatic heterocycles. The fraction of sp³-hybridized carbons (Fsp3) is 0.130. The van der Waals surface area contributed by atoms with Gasteiger partial charge in [-0.05, 0) is 49.2 Å². The maximum absolute atomic E-state index is 12.8. The number of para-hydroxylation sites is 1. The normalized spacial score (nSPS) is 10.8. The van der Waals surface area contributed by atoms with Crippen LogP contribution < -0.4 is 14.8 Å². The van der Waals surface area contributed by atoms with Crippen LogP contribution in [0.1, 0.15) is 21.5 Å². The number of ether oxygens (including phenoxy) is 1. The van der Waals surface area contributed by atoms with Crippen molar-refractivity contribution in [2.75, 3.05) is 17.7 Å². The second-order valence-electron chi connectivity index (χ2n) is 6.90. The highest BCUT2D eigenvalue weighted by atomic mass is 32.2. The number of hydrogen-bond acceptors (Lipinski definition) is 6. The molecule has 0 fully saturated rings. The summed E-state index contributed by atoms with van der Waals surface area (Å²) >= 11 is 0. The Kier molecular flexibility index (Phi) is 6.79. The molecule has 3 aromatic rings. The van der Waals surface area contributed by atoms with Crippen molar-refractivity contribution in [1.29, 1.82) is 0 Å². The van der Waals surface area contributed by atoms with E-state index in [0.717, 1.165) is 5.56 Å². The van der Waals surface area contributed by atoms with Crippen LogP contribution in [0.15, 0.2) is 71.6 Å². The van der Waals surface area contributed by atoms with E-state index >= 15 is 0 Å². The van der Waals surface area contributed by atoms with Crippen LogP contribution in [0.4, 0.5) is 16.2 Å². The summed E-state index contributed by atoms with van der Waals surface area (Å²) in [6, 6.07) is 17.0. The van der Waals surface area contributed by atoms with Crippen LogP contribution in [0, 0.1) is 13.8 Å². The Morgan fingerprint density at radius 1 is 0.844 bits per heavy atom. The van der Waals surface area contributed by atoms with Gasteiger partial charge in [0.1, 0.15) is 10.5 Å². The summed E-state index contributed by atoms with van der Waals surface area (Å²) in [5, 5.41) is 5.31. The first kappa shape index (κ1) is 22.8. The van der Waals surface area contributed by atoms with E-state index in [1.165, 1.54) is 31.4 Å². The molecule has 9 heteroatoms. The van der Waals surface area contributed by atoms with Crippen molar-refractivity contribution in [3.63, 3.8) is 0 Å². The van der Waals surface area contributed by atoms with Crippen LogP contribution in [-0.4, -0.2) is 27.5 Å². The summed E-state index contributed by atoms with van der Waals surface area (Å²) < 4.78 is 35.7. The van der Waals surface area contributed by atoms with E-state index in [1.807, 2.05) is 19.1 Å². The monoisotopic (exact) mass is 454 g/mol. The number of carbonyl (C=O) groups excluding carboxylic acids is 2. The molecule has 166 valence electrons. The van der Waals surface area contributed by atoms with Crippen LogP contribution in [0.3, 0.4) is 0 Å². The summed E-state index contributed by atoms with van der Waals surface area (Å²) in [4.78, 5) is 24.5. The average Bonchev–Trinajstić information content (AvgIpc) is 2.75. The second kappa shape index (κ2) is 9.52. The third-order valence-electron chi connectivity index (χ3n) is 4.60. The zero-order valence-corrected chi connectivity index (χ0v) is 18.5. The lowest BCUT2D eigenvalue weighted by Gasteiger charge is -2.14. The number of rotatable bonds is 6. The molecule has 0 bridgehead atoms. The maximum Gasteiger partial charge on any atom is 0.341 e. The van der Waals surface area contributed by atoms with Crippen LogP contribution in [0.25, 0.3) is 0 Å². The summed E-state index contributed by atoms with van der Waals surface area (Å²) in [5.74, 6) is -1.05. The van der Waals surface area contributed by atoms with E-state index in [9.17, 15) is 18.0 Å². The highest BCUT2D eigenvalue weighted by Gasteiger charge is 2.23. The van der Waals surface area contributed by atoms with Gasteiger partial charge in [0, 0.05) is 17.4 Å². The average molecular weight is 455 g/mol. The Morgan fingerprint density at radius 3 is 2.16 bits per heavy atom. The Bertz CT molecular complexity index is 1270. The molecule has 3 aromatic carbocycles. The van der Waals surface area contributed by atoms with Crippen molar-refractivity contribution < 1.29 is 26.9 Å². The quantitative estimate of drug-likeness (QED) is 0.419. The van der Waals surface area contributed by atoms with Crippen molar-refractivity contribution in [3.8, 4) is 5.75 Å². The summed E-state index contributed by atoms with van der Waals surface area (Å²) in [7, 11) is -3.07. The van der Waals surface area contributed by atoms with Crippen LogP contribution >= 0.6 is 0 Å². The number of esters is 1. The smallest absolute Gasteiger partial charge is 0.341 e. The zero-order valence-electron chi connectivity index (χ0n) is 17.7. The van der Waals surface area contributed by atoms with Crippen molar-refractivity contribution >= 4 is 33.5 Å². The lowest BCUT2D eigenvalue weighted by molar-refractivity contribution is 0.0599. The Labute approximate surface area is 186 Å². The summed E-state index contributed by atoms with van der Waals surface area (Å²) in [6.07, 6.45) is 0. The number of benzene rings is 3. The topological polar surface area (TPSA) is 111 Å². The molecule has 0 unspecified atom stereocenters. The zero-order chi connectivity index (χ0) is 23.3. The number of anilines is 2. The number of urea groups is 1. The van der Waals surface area contributed by atoms with Gasteiger partial charge in [0.05, 0.1) is 7.11 Å². The fourth-order valence-corrected chi connectivity index (χ4v) is 4.12. The molecule has 0 aliphatic carbocycles. The minimum absolute atomic E-state index is 0.0357. The van der Waals surface area contributed by atoms with Crippen molar-refractivity contribution in [2.45, 2.75) is 18.7 Å². The van der Waals surface area contributed by atoms with Gasteiger partial charge >= 0.3 is 22.1 Å². The molecule has 0 saturated carbocycles. The van der Waals surface area contributed by atoms with Crippen molar-refractivity contribution in [2.24, 2.45) is 0 Å². The van der Waals surface area contributed by atoms with E-state index in [2.05, 4.69) is 10.6 Å². The molecular formula is C23H22N2O6S. The van der Waals surface area contributed by atoms with E-state index in [-0.39, 0.29) is 21.9 Å². The lowest BCUT2D eigenvalue weighted by Crippen LogP contribution is -2.20. The molecule has 8 nitrogen and oxygen atoms in total. The second-order valence-corrected chi connectivity index (χ2v) is 8.41. The van der Waals surface area contributed by atoms with Gasteiger partial charge in [-0.1, -0.05) is 36.4 Å². The molecule has 0 aliphatic rings. The number of hydrogen-bond donors (Lipinski definition) is 2. The molecule has 0 heterocycles. The predicted octanol–water partition coefficient (Wildman–Crippen LogP) is 4.50. The molecule has 0 spiro atoms. The molecular weight excluding hydrogens is 432 g/mol. The third kappa shape index (κ3) is 5.25. The summed E-state index contributed by atoms with van der Waals surface area (Å²) in [5.41, 5.74) is 2.10. The number of amides is 2. The van der Waals surface area contributed by atoms with Gasteiger partial charge in [-0.2, -0.15) is 8.42 Å². The molecule has 2 N–H and O–H groups in total. The molecule has 0 radical (unpaired) electrons. The molecule has 3 rings (SSSR count). The van der Waals surface area contributed by atoms with Gasteiger partial charge < -0.3 is 19.6 Å². The minimum atomic E-state index is -4.24. The molecule has 2 amide bonds. The largest absolute Gasteiger partial charge is 0.465 e. The van der Waals surface area contributed by atoms with Crippen molar-refractivity contribution in [3.05, 3.63) is 83.4 Å². The van der Waals surface area contributed by atoms with Gasteiger partial charge in [0.15, 0.2) is 5.75 Å². The van der Waals surface area contributed by atoms with E-state index < -0.39 is 22.1 Å².